The van der Waals surface area contributed by atoms with Crippen LogP contribution in [0.3, 0.4) is 0 Å². The topological polar surface area (TPSA) is 59.9 Å². The molecule has 1 amide bonds. The van der Waals surface area contributed by atoms with Gasteiger partial charge in [0.2, 0.25) is 0 Å². The molecule has 0 atom stereocenters. The molecule has 0 heterocycles. The second kappa shape index (κ2) is 10.7. The molecule has 1 N–H and O–H groups in total. The average Bonchev–Trinajstić information content (AvgIpc) is 2.78. The van der Waals surface area contributed by atoms with Crippen LogP contribution in [0.4, 0.5) is 13.2 Å². The molecule has 0 fully saturated rings. The zero-order valence-electron chi connectivity index (χ0n) is 18.1. The van der Waals surface area contributed by atoms with Crippen molar-refractivity contribution < 1.29 is 27.4 Å². The highest BCUT2D eigenvalue weighted by molar-refractivity contribution is 5.95. The molecule has 0 aromatic heterocycles. The van der Waals surface area contributed by atoms with Crippen molar-refractivity contribution in [2.75, 3.05) is 6.61 Å². The van der Waals surface area contributed by atoms with E-state index >= 15 is 0 Å². The number of hydrogen-bond donors (Lipinski definition) is 1. The smallest absolute Gasteiger partial charge is 0.416 e. The predicted molar refractivity (Wildman–Crippen MR) is 120 cm³/mol. The second-order valence-corrected chi connectivity index (χ2v) is 7.19. The van der Waals surface area contributed by atoms with Crippen molar-refractivity contribution in [1.82, 2.24) is 5.43 Å². The van der Waals surface area contributed by atoms with Crippen molar-refractivity contribution in [2.24, 2.45) is 5.10 Å². The first-order valence-electron chi connectivity index (χ1n) is 10.2. The Morgan fingerprint density at radius 2 is 1.79 bits per heavy atom. The molecule has 0 saturated carbocycles. The molecule has 0 saturated heterocycles. The Morgan fingerprint density at radius 1 is 1.00 bits per heavy atom. The number of benzene rings is 3. The average molecular weight is 456 g/mol. The first kappa shape index (κ1) is 23.8. The number of amides is 1. The number of nitrogens with zero attached hydrogens (tertiary/aromatic N) is 1. The summed E-state index contributed by atoms with van der Waals surface area (Å²) in [5, 5.41) is 3.84. The lowest BCUT2D eigenvalue weighted by Crippen LogP contribution is -2.18. The van der Waals surface area contributed by atoms with Gasteiger partial charge in [-0.3, -0.25) is 4.79 Å². The van der Waals surface area contributed by atoms with Crippen molar-refractivity contribution in [1.29, 1.82) is 0 Å². The van der Waals surface area contributed by atoms with Gasteiger partial charge in [-0.05, 0) is 61.4 Å². The standard InChI is InChI=1S/C25H23F3N2O3/c1-3-32-23-13-18(10-11-22(23)33-16-19-7-4-6-17(2)12-19)15-29-30-24(31)20-8-5-9-21(14-20)25(26,27)28/h4-15H,3,16H2,1-2H3,(H,30,31)/b29-15-. The molecule has 0 unspecified atom stereocenters. The molecule has 3 aromatic carbocycles. The van der Waals surface area contributed by atoms with Crippen molar-refractivity contribution >= 4 is 12.1 Å². The fourth-order valence-electron chi connectivity index (χ4n) is 3.02. The number of ether oxygens (including phenoxy) is 2. The number of carbonyl (C=O) groups excluding carboxylic acids is 1. The van der Waals surface area contributed by atoms with Gasteiger partial charge in [0.05, 0.1) is 18.4 Å². The zero-order valence-corrected chi connectivity index (χ0v) is 18.1. The highest BCUT2D eigenvalue weighted by Crippen LogP contribution is 2.30. The van der Waals surface area contributed by atoms with Gasteiger partial charge in [0.1, 0.15) is 6.61 Å². The Morgan fingerprint density at radius 3 is 2.52 bits per heavy atom. The predicted octanol–water partition coefficient (Wildman–Crippen LogP) is 5.76. The van der Waals surface area contributed by atoms with Crippen molar-refractivity contribution in [3.63, 3.8) is 0 Å². The van der Waals surface area contributed by atoms with Crippen LogP contribution in [0.1, 0.15) is 39.5 Å². The highest BCUT2D eigenvalue weighted by atomic mass is 19.4. The van der Waals surface area contributed by atoms with Crippen LogP contribution in [0.5, 0.6) is 11.5 Å². The molecule has 0 bridgehead atoms. The Balaban J connectivity index is 1.67. The third-order valence-electron chi connectivity index (χ3n) is 4.58. The maximum absolute atomic E-state index is 12.8. The van der Waals surface area contributed by atoms with Gasteiger partial charge in [-0.25, -0.2) is 5.43 Å². The van der Waals surface area contributed by atoms with Gasteiger partial charge in [-0.1, -0.05) is 35.9 Å². The first-order valence-corrected chi connectivity index (χ1v) is 10.2. The Labute approximate surface area is 189 Å². The maximum Gasteiger partial charge on any atom is 0.416 e. The van der Waals surface area contributed by atoms with Crippen LogP contribution in [-0.4, -0.2) is 18.7 Å². The molecule has 0 aliphatic carbocycles. The van der Waals surface area contributed by atoms with Crippen LogP contribution in [0.25, 0.3) is 0 Å². The molecule has 33 heavy (non-hydrogen) atoms. The Bertz CT molecular complexity index is 1140. The number of aryl methyl sites for hydroxylation is 1. The monoisotopic (exact) mass is 456 g/mol. The number of hydrazone groups is 1. The lowest BCUT2D eigenvalue weighted by atomic mass is 10.1. The van der Waals surface area contributed by atoms with Crippen LogP contribution in [0.2, 0.25) is 0 Å². The number of carbonyl (C=O) groups is 1. The van der Waals surface area contributed by atoms with Crippen LogP contribution < -0.4 is 14.9 Å². The summed E-state index contributed by atoms with van der Waals surface area (Å²) >= 11 is 0. The molecule has 172 valence electrons. The van der Waals surface area contributed by atoms with Crippen LogP contribution in [0.15, 0.2) is 71.8 Å². The lowest BCUT2D eigenvalue weighted by Gasteiger charge is -2.13. The quantitative estimate of drug-likeness (QED) is 0.347. The van der Waals surface area contributed by atoms with E-state index in [0.29, 0.717) is 30.3 Å². The Kier molecular flexibility index (Phi) is 7.71. The van der Waals surface area contributed by atoms with E-state index in [1.54, 1.807) is 18.2 Å². The van der Waals surface area contributed by atoms with Gasteiger partial charge >= 0.3 is 6.18 Å². The van der Waals surface area contributed by atoms with Crippen molar-refractivity contribution in [3.05, 3.63) is 94.5 Å². The van der Waals surface area contributed by atoms with E-state index in [4.69, 9.17) is 9.47 Å². The molecule has 3 rings (SSSR count). The summed E-state index contributed by atoms with van der Waals surface area (Å²) in [6.45, 7) is 4.66. The van der Waals surface area contributed by atoms with Crippen LogP contribution in [-0.2, 0) is 12.8 Å². The third-order valence-corrected chi connectivity index (χ3v) is 4.58. The lowest BCUT2D eigenvalue weighted by molar-refractivity contribution is -0.137. The largest absolute Gasteiger partial charge is 0.490 e. The van der Waals surface area contributed by atoms with Crippen molar-refractivity contribution in [3.8, 4) is 11.5 Å². The zero-order chi connectivity index (χ0) is 23.8. The summed E-state index contributed by atoms with van der Waals surface area (Å²) < 4.78 is 50.0. The van der Waals surface area contributed by atoms with E-state index < -0.39 is 17.6 Å². The van der Waals surface area contributed by atoms with E-state index in [1.807, 2.05) is 38.1 Å². The fraction of sp³-hybridized carbons (Fsp3) is 0.200. The number of rotatable bonds is 8. The SMILES string of the molecule is CCOc1cc(/C=N\NC(=O)c2cccc(C(F)(F)F)c2)ccc1OCc1cccc(C)c1. The minimum atomic E-state index is -4.53. The number of alkyl halides is 3. The van der Waals surface area contributed by atoms with Gasteiger partial charge in [0, 0.05) is 5.56 Å². The van der Waals surface area contributed by atoms with Crippen LogP contribution >= 0.6 is 0 Å². The number of hydrogen-bond acceptors (Lipinski definition) is 4. The van der Waals surface area contributed by atoms with Gasteiger partial charge in [-0.2, -0.15) is 18.3 Å². The molecule has 0 aliphatic heterocycles. The van der Waals surface area contributed by atoms with E-state index in [1.165, 1.54) is 18.3 Å². The summed E-state index contributed by atoms with van der Waals surface area (Å²) in [6, 6.07) is 17.3. The summed E-state index contributed by atoms with van der Waals surface area (Å²) in [7, 11) is 0. The molecular weight excluding hydrogens is 433 g/mol. The minimum Gasteiger partial charge on any atom is -0.490 e. The summed E-state index contributed by atoms with van der Waals surface area (Å²) in [6.07, 6.45) is -3.16. The van der Waals surface area contributed by atoms with E-state index in [9.17, 15) is 18.0 Å². The summed E-state index contributed by atoms with van der Waals surface area (Å²) in [5.41, 5.74) is 3.98. The van der Waals surface area contributed by atoms with Gasteiger partial charge in [-0.15, -0.1) is 0 Å². The third kappa shape index (κ3) is 6.83. The minimum absolute atomic E-state index is 0.142. The second-order valence-electron chi connectivity index (χ2n) is 7.19. The van der Waals surface area contributed by atoms with Gasteiger partial charge in [0.25, 0.3) is 5.91 Å². The highest BCUT2D eigenvalue weighted by Gasteiger charge is 2.30. The number of halogens is 3. The first-order chi connectivity index (χ1) is 15.8. The Hall–Kier alpha value is -3.81. The van der Waals surface area contributed by atoms with Crippen molar-refractivity contribution in [2.45, 2.75) is 26.6 Å². The fourth-order valence-corrected chi connectivity index (χ4v) is 3.02. The van der Waals surface area contributed by atoms with E-state index in [-0.39, 0.29) is 5.56 Å². The van der Waals surface area contributed by atoms with Gasteiger partial charge in [0.15, 0.2) is 11.5 Å². The van der Waals surface area contributed by atoms with E-state index in [2.05, 4.69) is 10.5 Å². The molecule has 3 aromatic rings. The molecule has 0 spiro atoms. The summed E-state index contributed by atoms with van der Waals surface area (Å²) in [4.78, 5) is 12.1. The molecular formula is C25H23F3N2O3. The van der Waals surface area contributed by atoms with Gasteiger partial charge < -0.3 is 9.47 Å². The van der Waals surface area contributed by atoms with Crippen LogP contribution in [0, 0.1) is 6.92 Å². The molecule has 0 radical (unpaired) electrons. The maximum atomic E-state index is 12.8. The molecule has 5 nitrogen and oxygen atoms in total. The normalized spacial score (nSPS) is 11.4. The molecule has 8 heteroatoms. The molecule has 0 aliphatic rings. The number of nitrogens with one attached hydrogen (secondary N) is 1. The van der Waals surface area contributed by atoms with E-state index in [0.717, 1.165) is 23.3 Å². The summed E-state index contributed by atoms with van der Waals surface area (Å²) in [5.74, 6) is 0.322.